The quantitative estimate of drug-likeness (QED) is 0.515. The van der Waals surface area contributed by atoms with E-state index in [1.165, 1.54) is 6.07 Å². The molecule has 1 aromatic heterocycles. The van der Waals surface area contributed by atoms with Gasteiger partial charge in [-0.15, -0.1) is 0 Å². The molecule has 0 bridgehead atoms. The zero-order valence-corrected chi connectivity index (χ0v) is 17.4. The number of benzene rings is 1. The molecule has 0 aliphatic rings. The lowest BCUT2D eigenvalue weighted by Crippen LogP contribution is -2.44. The maximum Gasteiger partial charge on any atom is 0.336 e. The number of hydrogen-bond donors (Lipinski definition) is 2. The van der Waals surface area contributed by atoms with E-state index in [4.69, 9.17) is 14.9 Å². The van der Waals surface area contributed by atoms with Gasteiger partial charge in [-0.2, -0.15) is 11.8 Å². The second-order valence-electron chi connectivity index (χ2n) is 6.90. The number of carbonyl (C=O) groups is 2. The minimum Gasteiger partial charge on any atom is -0.459 e. The summed E-state index contributed by atoms with van der Waals surface area (Å²) in [6, 6.07) is 3.51. The third kappa shape index (κ3) is 5.51. The lowest BCUT2D eigenvalue weighted by molar-refractivity contribution is -0.147. The van der Waals surface area contributed by atoms with Crippen molar-refractivity contribution in [1.82, 2.24) is 5.32 Å². The maximum atomic E-state index is 12.4. The Morgan fingerprint density at radius 2 is 2.00 bits per heavy atom. The van der Waals surface area contributed by atoms with Crippen LogP contribution in [-0.4, -0.2) is 30.1 Å². The molecule has 28 heavy (non-hydrogen) atoms. The van der Waals surface area contributed by atoms with E-state index in [-0.39, 0.29) is 6.61 Å². The van der Waals surface area contributed by atoms with Gasteiger partial charge in [-0.3, -0.25) is 0 Å². The molecule has 7 nitrogen and oxygen atoms in total. The van der Waals surface area contributed by atoms with Crippen LogP contribution in [0.15, 0.2) is 27.4 Å². The zero-order valence-electron chi connectivity index (χ0n) is 16.5. The van der Waals surface area contributed by atoms with Gasteiger partial charge >= 0.3 is 17.6 Å². The van der Waals surface area contributed by atoms with E-state index >= 15 is 0 Å². The van der Waals surface area contributed by atoms with Crippen molar-refractivity contribution in [2.45, 2.75) is 45.8 Å². The molecule has 2 aromatic rings. The lowest BCUT2D eigenvalue weighted by Gasteiger charge is -2.17. The van der Waals surface area contributed by atoms with Crippen LogP contribution in [0.5, 0.6) is 0 Å². The molecule has 0 aliphatic heterocycles. The van der Waals surface area contributed by atoms with Crippen molar-refractivity contribution >= 4 is 34.7 Å². The number of esters is 1. The first-order valence-electron chi connectivity index (χ1n) is 9.01. The Labute approximate surface area is 168 Å². The Balaban J connectivity index is 2.29. The van der Waals surface area contributed by atoms with Crippen LogP contribution in [0, 0.1) is 6.92 Å². The number of rotatable bonds is 8. The fourth-order valence-electron chi connectivity index (χ4n) is 3.04. The molecule has 0 spiro atoms. The first-order valence-corrected chi connectivity index (χ1v) is 10.4. The topological polar surface area (TPSA) is 112 Å². The molecule has 0 saturated heterocycles. The molecule has 0 saturated carbocycles. The third-order valence-corrected chi connectivity index (χ3v) is 5.06. The Hall–Kier alpha value is -2.48. The minimum atomic E-state index is -0.829. The normalized spacial score (nSPS) is 12.2. The molecule has 1 heterocycles. The Morgan fingerprint density at radius 3 is 2.61 bits per heavy atom. The number of urea groups is 1. The van der Waals surface area contributed by atoms with Gasteiger partial charge in [0.05, 0.1) is 0 Å². The molecule has 3 N–H and O–H groups in total. The second kappa shape index (κ2) is 9.64. The van der Waals surface area contributed by atoms with Crippen molar-refractivity contribution in [3.8, 4) is 0 Å². The van der Waals surface area contributed by atoms with Gasteiger partial charge < -0.3 is 20.2 Å². The maximum absolute atomic E-state index is 12.4. The van der Waals surface area contributed by atoms with Crippen molar-refractivity contribution in [1.29, 1.82) is 0 Å². The van der Waals surface area contributed by atoms with Gasteiger partial charge in [-0.05, 0) is 54.5 Å². The van der Waals surface area contributed by atoms with Crippen LogP contribution >= 0.6 is 11.8 Å². The minimum absolute atomic E-state index is 0.0995. The fraction of sp³-hybridized carbons (Fsp3) is 0.450. The van der Waals surface area contributed by atoms with E-state index in [0.717, 1.165) is 16.5 Å². The summed E-state index contributed by atoms with van der Waals surface area (Å²) in [7, 11) is 0. The highest BCUT2D eigenvalue weighted by Crippen LogP contribution is 2.27. The monoisotopic (exact) mass is 406 g/mol. The number of fused-ring (bicyclic) bond motifs is 1. The van der Waals surface area contributed by atoms with Gasteiger partial charge in [0.1, 0.15) is 18.2 Å². The first kappa shape index (κ1) is 21.8. The first-order chi connectivity index (χ1) is 13.2. The van der Waals surface area contributed by atoms with Crippen molar-refractivity contribution in [2.75, 3.05) is 12.0 Å². The van der Waals surface area contributed by atoms with Gasteiger partial charge in [0, 0.05) is 17.0 Å². The number of ether oxygens (including phenoxy) is 1. The highest BCUT2D eigenvalue weighted by atomic mass is 32.2. The zero-order chi connectivity index (χ0) is 20.8. The van der Waals surface area contributed by atoms with Gasteiger partial charge in [0.25, 0.3) is 0 Å². The van der Waals surface area contributed by atoms with Crippen molar-refractivity contribution in [3.05, 3.63) is 45.3 Å². The number of hydrogen-bond acceptors (Lipinski definition) is 6. The van der Waals surface area contributed by atoms with Crippen LogP contribution in [0.25, 0.3) is 11.0 Å². The Bertz CT molecular complexity index is 923. The van der Waals surface area contributed by atoms with Crippen LogP contribution in [0.2, 0.25) is 0 Å². The molecule has 1 aromatic carbocycles. The molecule has 152 valence electrons. The van der Waals surface area contributed by atoms with Crippen molar-refractivity contribution in [3.63, 3.8) is 0 Å². The van der Waals surface area contributed by atoms with Gasteiger partial charge in [-0.1, -0.05) is 13.8 Å². The van der Waals surface area contributed by atoms with Crippen LogP contribution in [0.3, 0.4) is 0 Å². The molecule has 1 unspecified atom stereocenters. The van der Waals surface area contributed by atoms with E-state index in [2.05, 4.69) is 19.2 Å². The van der Waals surface area contributed by atoms with E-state index in [1.54, 1.807) is 11.8 Å². The van der Waals surface area contributed by atoms with E-state index < -0.39 is 23.7 Å². The van der Waals surface area contributed by atoms with Crippen LogP contribution in [0.4, 0.5) is 4.79 Å². The number of nitrogens with one attached hydrogen (secondary N) is 1. The number of thioether (sulfide) groups is 1. The van der Waals surface area contributed by atoms with Crippen LogP contribution in [0.1, 0.15) is 42.9 Å². The second-order valence-corrected chi connectivity index (χ2v) is 7.89. The van der Waals surface area contributed by atoms with Crippen LogP contribution < -0.4 is 16.7 Å². The predicted molar refractivity (Wildman–Crippen MR) is 111 cm³/mol. The molecule has 0 aliphatic carbocycles. The molecule has 1 atom stereocenters. The number of amides is 2. The number of nitrogens with two attached hydrogens (primary N) is 1. The largest absolute Gasteiger partial charge is 0.459 e. The van der Waals surface area contributed by atoms with Crippen molar-refractivity contribution in [2.24, 2.45) is 5.73 Å². The SMILES string of the molecule is CSCCC(NC(N)=O)C(=O)OCc1cc(=O)oc2cc(C)c(C(C)C)cc12. The highest BCUT2D eigenvalue weighted by molar-refractivity contribution is 7.98. The summed E-state index contributed by atoms with van der Waals surface area (Å²) in [5.41, 5.74) is 7.81. The molecule has 2 amide bonds. The lowest BCUT2D eigenvalue weighted by atomic mass is 9.95. The predicted octanol–water partition coefficient (Wildman–Crippen LogP) is 3.06. The molecular weight excluding hydrogens is 380 g/mol. The number of primary amides is 1. The van der Waals surface area contributed by atoms with Gasteiger partial charge in [0.2, 0.25) is 0 Å². The van der Waals surface area contributed by atoms with Gasteiger partial charge in [-0.25, -0.2) is 14.4 Å². The van der Waals surface area contributed by atoms with E-state index in [1.807, 2.05) is 25.3 Å². The molecular formula is C20H26N2O5S. The Morgan fingerprint density at radius 1 is 1.29 bits per heavy atom. The summed E-state index contributed by atoms with van der Waals surface area (Å²) >= 11 is 1.54. The van der Waals surface area contributed by atoms with Crippen LogP contribution in [-0.2, 0) is 16.1 Å². The van der Waals surface area contributed by atoms with E-state index in [0.29, 0.717) is 29.2 Å². The summed E-state index contributed by atoms with van der Waals surface area (Å²) in [5, 5.41) is 3.13. The van der Waals surface area contributed by atoms with Crippen molar-refractivity contribution < 1.29 is 18.7 Å². The average molecular weight is 407 g/mol. The Kier molecular flexibility index (Phi) is 7.51. The highest BCUT2D eigenvalue weighted by Gasteiger charge is 2.21. The summed E-state index contributed by atoms with van der Waals surface area (Å²) in [6.45, 7) is 6.03. The van der Waals surface area contributed by atoms with Gasteiger partial charge in [0.15, 0.2) is 0 Å². The van der Waals surface area contributed by atoms with E-state index in [9.17, 15) is 14.4 Å². The summed E-state index contributed by atoms with van der Waals surface area (Å²) in [4.78, 5) is 35.5. The molecule has 2 rings (SSSR count). The number of carbonyl (C=O) groups excluding carboxylic acids is 2. The standard InChI is InChI=1S/C20H26N2O5S/c1-11(2)14-9-15-13(8-18(23)27-17(15)7-12(14)3)10-26-19(24)16(5-6-28-4)22-20(21)25/h7-9,11,16H,5-6,10H2,1-4H3,(H3,21,22,25). The fourth-order valence-corrected chi connectivity index (χ4v) is 3.51. The third-order valence-electron chi connectivity index (χ3n) is 4.42. The smallest absolute Gasteiger partial charge is 0.336 e. The summed E-state index contributed by atoms with van der Waals surface area (Å²) in [6.07, 6.45) is 2.30. The summed E-state index contributed by atoms with van der Waals surface area (Å²) < 4.78 is 10.7. The summed E-state index contributed by atoms with van der Waals surface area (Å²) in [5.74, 6) is 0.363. The molecule has 0 fully saturated rings. The molecule has 0 radical (unpaired) electrons. The average Bonchev–Trinajstić information content (AvgIpc) is 2.61. The molecule has 8 heteroatoms. The number of aryl methyl sites for hydroxylation is 1.